The highest BCUT2D eigenvalue weighted by Crippen LogP contribution is 2.38. The van der Waals surface area contributed by atoms with Gasteiger partial charge in [0.2, 0.25) is 0 Å². The van der Waals surface area contributed by atoms with E-state index in [-0.39, 0.29) is 16.7 Å². The van der Waals surface area contributed by atoms with Crippen LogP contribution in [-0.2, 0) is 4.79 Å². The number of nitrogens with zero attached hydrogens (tertiary/aromatic N) is 1. The zero-order chi connectivity index (χ0) is 11.9. The quantitative estimate of drug-likeness (QED) is 0.642. The molecule has 3 heteroatoms. The molecule has 0 N–H and O–H groups in total. The lowest BCUT2D eigenvalue weighted by atomic mass is 9.91. The molecule has 0 saturated carbocycles. The minimum Gasteiger partial charge on any atom is -0.363 e. The van der Waals surface area contributed by atoms with Gasteiger partial charge in [-0.25, -0.2) is 0 Å². The fourth-order valence-electron chi connectivity index (χ4n) is 1.21. The average Bonchev–Trinajstić information content (AvgIpc) is 2.30. The number of carbonyl (C=O) groups excluding carboxylic acids is 1. The summed E-state index contributed by atoms with van der Waals surface area (Å²) in [5, 5.41) is 1.10. The Morgan fingerprint density at radius 2 is 2.00 bits per heavy atom. The van der Waals surface area contributed by atoms with E-state index in [1.54, 1.807) is 17.8 Å². The highest BCUT2D eigenvalue weighted by Gasteiger charge is 2.33. The van der Waals surface area contributed by atoms with Crippen LogP contribution in [0.4, 0.5) is 0 Å². The van der Waals surface area contributed by atoms with E-state index in [2.05, 4.69) is 25.8 Å². The maximum atomic E-state index is 11.9. The largest absolute Gasteiger partial charge is 0.363 e. The van der Waals surface area contributed by atoms with Crippen molar-refractivity contribution < 1.29 is 4.79 Å². The van der Waals surface area contributed by atoms with E-state index in [9.17, 15) is 4.79 Å². The lowest BCUT2D eigenvalue weighted by molar-refractivity contribution is -0.121. The molecule has 0 bridgehead atoms. The van der Waals surface area contributed by atoms with Gasteiger partial charge in [0.15, 0.2) is 5.78 Å². The average molecular weight is 227 g/mol. The van der Waals surface area contributed by atoms with Gasteiger partial charge in [-0.15, -0.1) is 11.8 Å². The fourth-order valence-corrected chi connectivity index (χ4v) is 2.54. The topological polar surface area (TPSA) is 20.3 Å². The number of ketones is 1. The standard InChI is InChI=1S/C12H21NOS/c1-11(2,3)9(14)7-10-13(6)12(4,5)8-15-10/h7H,8H2,1-6H3. The van der Waals surface area contributed by atoms with Crippen molar-refractivity contribution in [3.05, 3.63) is 11.1 Å². The lowest BCUT2D eigenvalue weighted by Gasteiger charge is -2.29. The number of thioether (sulfide) groups is 1. The van der Waals surface area contributed by atoms with Gasteiger partial charge in [0.25, 0.3) is 0 Å². The monoisotopic (exact) mass is 227 g/mol. The van der Waals surface area contributed by atoms with E-state index < -0.39 is 0 Å². The molecular weight excluding hydrogens is 206 g/mol. The van der Waals surface area contributed by atoms with Crippen molar-refractivity contribution in [1.29, 1.82) is 0 Å². The second-order valence-electron chi connectivity index (χ2n) is 5.76. The number of carbonyl (C=O) groups is 1. The molecule has 1 heterocycles. The van der Waals surface area contributed by atoms with E-state index in [1.165, 1.54) is 0 Å². The molecule has 1 saturated heterocycles. The van der Waals surface area contributed by atoms with Crippen LogP contribution in [0.5, 0.6) is 0 Å². The van der Waals surface area contributed by atoms with Gasteiger partial charge in [0, 0.05) is 29.8 Å². The summed E-state index contributed by atoms with van der Waals surface area (Å²) in [6, 6.07) is 0. The van der Waals surface area contributed by atoms with Gasteiger partial charge in [-0.2, -0.15) is 0 Å². The molecule has 1 aliphatic rings. The summed E-state index contributed by atoms with van der Waals surface area (Å²) in [5.41, 5.74) is -0.115. The molecule has 1 aliphatic heterocycles. The minimum absolute atomic E-state index is 0.161. The Balaban J connectivity index is 2.84. The SMILES string of the molecule is CN1C(=CC(=O)C(C)(C)C)SCC1(C)C. The second kappa shape index (κ2) is 3.85. The Hall–Kier alpha value is -0.440. The summed E-state index contributed by atoms with van der Waals surface area (Å²) >= 11 is 1.77. The molecule has 0 aliphatic carbocycles. The zero-order valence-electron chi connectivity index (χ0n) is 10.5. The first-order chi connectivity index (χ1) is 6.64. The maximum Gasteiger partial charge on any atom is 0.163 e. The van der Waals surface area contributed by atoms with Crippen LogP contribution in [0.25, 0.3) is 0 Å². The third kappa shape index (κ3) is 2.77. The molecule has 0 aromatic carbocycles. The van der Waals surface area contributed by atoms with Crippen LogP contribution >= 0.6 is 11.8 Å². The smallest absolute Gasteiger partial charge is 0.163 e. The molecule has 0 unspecified atom stereocenters. The fraction of sp³-hybridized carbons (Fsp3) is 0.750. The Morgan fingerprint density at radius 3 is 2.33 bits per heavy atom. The van der Waals surface area contributed by atoms with E-state index in [0.717, 1.165) is 10.8 Å². The van der Waals surface area contributed by atoms with Crippen molar-refractivity contribution in [2.24, 2.45) is 5.41 Å². The predicted octanol–water partition coefficient (Wildman–Crippen LogP) is 2.90. The Bertz CT molecular complexity index is 299. The Morgan fingerprint density at radius 1 is 1.47 bits per heavy atom. The van der Waals surface area contributed by atoms with Gasteiger partial charge in [-0.1, -0.05) is 20.8 Å². The van der Waals surface area contributed by atoms with E-state index in [0.29, 0.717) is 0 Å². The summed E-state index contributed by atoms with van der Waals surface area (Å²) in [6.07, 6.45) is 1.79. The molecule has 0 aromatic heterocycles. The molecule has 0 amide bonds. The van der Waals surface area contributed by atoms with Crippen LogP contribution in [0, 0.1) is 5.41 Å². The molecule has 0 radical (unpaired) electrons. The van der Waals surface area contributed by atoms with Gasteiger partial charge >= 0.3 is 0 Å². The predicted molar refractivity (Wildman–Crippen MR) is 66.8 cm³/mol. The van der Waals surface area contributed by atoms with Gasteiger partial charge < -0.3 is 4.90 Å². The molecular formula is C12H21NOS. The number of hydrogen-bond acceptors (Lipinski definition) is 3. The summed E-state index contributed by atoms with van der Waals surface area (Å²) in [4.78, 5) is 14.1. The Kier molecular flexibility index (Phi) is 3.24. The Labute approximate surface area is 97.1 Å². The van der Waals surface area contributed by atoms with Gasteiger partial charge in [0.05, 0.1) is 5.03 Å². The summed E-state index contributed by atoms with van der Waals surface area (Å²) in [7, 11) is 2.06. The molecule has 0 spiro atoms. The summed E-state index contributed by atoms with van der Waals surface area (Å²) in [6.45, 7) is 10.3. The van der Waals surface area contributed by atoms with Crippen molar-refractivity contribution in [3.8, 4) is 0 Å². The second-order valence-corrected chi connectivity index (χ2v) is 6.75. The molecule has 0 atom stereocenters. The number of rotatable bonds is 1. The molecule has 1 fully saturated rings. The van der Waals surface area contributed by atoms with Crippen molar-refractivity contribution in [1.82, 2.24) is 4.90 Å². The van der Waals surface area contributed by atoms with Crippen LogP contribution in [-0.4, -0.2) is 29.0 Å². The molecule has 2 nitrogen and oxygen atoms in total. The number of allylic oxidation sites excluding steroid dienone is 1. The van der Waals surface area contributed by atoms with Crippen LogP contribution in [0.1, 0.15) is 34.6 Å². The van der Waals surface area contributed by atoms with Crippen LogP contribution in [0.15, 0.2) is 11.1 Å². The highest BCUT2D eigenvalue weighted by atomic mass is 32.2. The third-order valence-electron chi connectivity index (χ3n) is 2.81. The van der Waals surface area contributed by atoms with Crippen molar-refractivity contribution in [3.63, 3.8) is 0 Å². The van der Waals surface area contributed by atoms with E-state index in [4.69, 9.17) is 0 Å². The first-order valence-corrected chi connectivity index (χ1v) is 6.26. The van der Waals surface area contributed by atoms with E-state index >= 15 is 0 Å². The van der Waals surface area contributed by atoms with Gasteiger partial charge in [-0.3, -0.25) is 4.79 Å². The number of hydrogen-bond donors (Lipinski definition) is 0. The van der Waals surface area contributed by atoms with E-state index in [1.807, 2.05) is 20.8 Å². The van der Waals surface area contributed by atoms with Crippen LogP contribution in [0.3, 0.4) is 0 Å². The molecule has 0 aromatic rings. The van der Waals surface area contributed by atoms with Crippen molar-refractivity contribution in [2.75, 3.05) is 12.8 Å². The first kappa shape index (κ1) is 12.6. The first-order valence-electron chi connectivity index (χ1n) is 5.27. The third-order valence-corrected chi connectivity index (χ3v) is 4.34. The molecule has 86 valence electrons. The van der Waals surface area contributed by atoms with Gasteiger partial charge in [0.1, 0.15) is 0 Å². The highest BCUT2D eigenvalue weighted by molar-refractivity contribution is 8.03. The lowest BCUT2D eigenvalue weighted by Crippen LogP contribution is -2.36. The molecule has 1 rings (SSSR count). The maximum absolute atomic E-state index is 11.9. The minimum atomic E-state index is -0.277. The molecule has 15 heavy (non-hydrogen) atoms. The van der Waals surface area contributed by atoms with Crippen LogP contribution < -0.4 is 0 Å². The summed E-state index contributed by atoms with van der Waals surface area (Å²) in [5.74, 6) is 1.25. The van der Waals surface area contributed by atoms with Crippen molar-refractivity contribution >= 4 is 17.5 Å². The normalized spacial score (nSPS) is 23.6. The summed E-state index contributed by atoms with van der Waals surface area (Å²) < 4.78 is 0. The van der Waals surface area contributed by atoms with Crippen LogP contribution in [0.2, 0.25) is 0 Å². The van der Waals surface area contributed by atoms with Crippen molar-refractivity contribution in [2.45, 2.75) is 40.2 Å². The zero-order valence-corrected chi connectivity index (χ0v) is 11.4. The van der Waals surface area contributed by atoms with Gasteiger partial charge in [-0.05, 0) is 13.8 Å².